The second-order valence-electron chi connectivity index (χ2n) is 8.63. The average molecular weight is 491 g/mol. The van der Waals surface area contributed by atoms with Crippen LogP contribution in [-0.2, 0) is 14.8 Å². The van der Waals surface area contributed by atoms with E-state index < -0.39 is 10.0 Å². The summed E-state index contributed by atoms with van der Waals surface area (Å²) in [5, 5.41) is 0.672. The first-order valence-electron chi connectivity index (χ1n) is 11.3. The molecule has 0 N–H and O–H groups in total. The molecule has 0 amide bonds. The van der Waals surface area contributed by atoms with Gasteiger partial charge in [0.1, 0.15) is 5.52 Å². The fourth-order valence-electron chi connectivity index (χ4n) is 4.67. The Morgan fingerprint density at radius 3 is 2.54 bits per heavy atom. The lowest BCUT2D eigenvalue weighted by molar-refractivity contribution is 0.0709. The number of ether oxygens (including phenoxy) is 1. The van der Waals surface area contributed by atoms with Gasteiger partial charge in [-0.25, -0.2) is 22.4 Å². The van der Waals surface area contributed by atoms with Crippen molar-refractivity contribution in [2.24, 2.45) is 0 Å². The van der Waals surface area contributed by atoms with E-state index >= 15 is 0 Å². The van der Waals surface area contributed by atoms with Crippen molar-refractivity contribution in [2.75, 3.05) is 13.2 Å². The molecule has 0 spiro atoms. The molecule has 6 rings (SSSR count). The smallest absolute Gasteiger partial charge is 0.269 e. The predicted octanol–water partition coefficient (Wildman–Crippen LogP) is 4.36. The number of fused-ring (bicyclic) bond motifs is 3. The summed E-state index contributed by atoms with van der Waals surface area (Å²) in [4.78, 5) is 20.7. The number of carbonyl (C=O) groups excluding carboxylic acids is 1. The molecule has 5 heterocycles. The fourth-order valence-corrected chi connectivity index (χ4v) is 5.98. The summed E-state index contributed by atoms with van der Waals surface area (Å²) in [5.41, 5.74) is 2.70. The highest BCUT2D eigenvalue weighted by Gasteiger charge is 2.28. The normalized spacial score (nSPS) is 15.2. The fraction of sp³-hybridized carbons (Fsp3) is 0.240. The molecule has 10 heteroatoms. The molecule has 5 aromatic rings. The largest absolute Gasteiger partial charge is 0.450 e. The molecular weight excluding hydrogens is 468 g/mol. The molecule has 1 saturated heterocycles. The Kier molecular flexibility index (Phi) is 5.08. The van der Waals surface area contributed by atoms with E-state index in [0.29, 0.717) is 47.6 Å². The molecule has 178 valence electrons. The minimum atomic E-state index is -3.84. The topological polar surface area (TPSA) is 109 Å². The zero-order valence-corrected chi connectivity index (χ0v) is 19.7. The van der Waals surface area contributed by atoms with Gasteiger partial charge in [0.2, 0.25) is 0 Å². The molecule has 35 heavy (non-hydrogen) atoms. The number of rotatable bonds is 5. The van der Waals surface area contributed by atoms with E-state index in [4.69, 9.17) is 14.1 Å². The van der Waals surface area contributed by atoms with Crippen LogP contribution in [0.15, 0.2) is 64.2 Å². The molecule has 1 aliphatic heterocycles. The van der Waals surface area contributed by atoms with Crippen molar-refractivity contribution in [3.63, 3.8) is 0 Å². The number of aromatic nitrogens is 4. The number of imidazole rings is 1. The van der Waals surface area contributed by atoms with Gasteiger partial charge in [0.05, 0.1) is 16.6 Å². The third-order valence-corrected chi connectivity index (χ3v) is 8.11. The highest BCUT2D eigenvalue weighted by Crippen LogP contribution is 2.37. The van der Waals surface area contributed by atoms with E-state index in [2.05, 4.69) is 9.55 Å². The van der Waals surface area contributed by atoms with Crippen LogP contribution < -0.4 is 0 Å². The summed E-state index contributed by atoms with van der Waals surface area (Å²) in [6.07, 6.45) is 5.31. The van der Waals surface area contributed by atoms with Crippen LogP contribution in [0.4, 0.5) is 0 Å². The number of aldehydes is 1. The SMILES string of the molecule is Cc1ccc(S(=O)(=O)n2ccc3c2ncc2nc(-c4ccc(C=O)o4)n(C4CCOCC4)c23)cc1. The monoisotopic (exact) mass is 490 g/mol. The van der Waals surface area contributed by atoms with Crippen LogP contribution in [0.3, 0.4) is 0 Å². The zero-order chi connectivity index (χ0) is 24.2. The maximum Gasteiger partial charge on any atom is 0.269 e. The number of carbonyl (C=O) groups is 1. The first kappa shape index (κ1) is 21.8. The number of furan rings is 1. The number of nitrogens with zero attached hydrogens (tertiary/aromatic N) is 4. The Morgan fingerprint density at radius 2 is 1.83 bits per heavy atom. The number of pyridine rings is 1. The average Bonchev–Trinajstić information content (AvgIpc) is 3.60. The van der Waals surface area contributed by atoms with Crippen LogP contribution in [0.5, 0.6) is 0 Å². The second-order valence-corrected chi connectivity index (χ2v) is 10.4. The summed E-state index contributed by atoms with van der Waals surface area (Å²) in [6.45, 7) is 3.13. The van der Waals surface area contributed by atoms with Gasteiger partial charge in [-0.1, -0.05) is 17.7 Å². The Balaban J connectivity index is 1.60. The molecule has 1 fully saturated rings. The maximum absolute atomic E-state index is 13.4. The van der Waals surface area contributed by atoms with Gasteiger partial charge in [0.15, 0.2) is 29.3 Å². The second kappa shape index (κ2) is 8.17. The van der Waals surface area contributed by atoms with Gasteiger partial charge in [-0.05, 0) is 50.1 Å². The number of hydrogen-bond donors (Lipinski definition) is 0. The first-order valence-corrected chi connectivity index (χ1v) is 12.7. The predicted molar refractivity (Wildman–Crippen MR) is 129 cm³/mol. The van der Waals surface area contributed by atoms with E-state index in [1.54, 1.807) is 48.7 Å². The van der Waals surface area contributed by atoms with E-state index in [-0.39, 0.29) is 16.7 Å². The van der Waals surface area contributed by atoms with Crippen molar-refractivity contribution in [3.8, 4) is 11.6 Å². The van der Waals surface area contributed by atoms with Crippen molar-refractivity contribution in [1.82, 2.24) is 18.5 Å². The van der Waals surface area contributed by atoms with Crippen LogP contribution >= 0.6 is 0 Å². The van der Waals surface area contributed by atoms with Crippen LogP contribution in [0.25, 0.3) is 33.7 Å². The van der Waals surface area contributed by atoms with Crippen LogP contribution in [0.2, 0.25) is 0 Å². The van der Waals surface area contributed by atoms with Crippen LogP contribution in [0, 0.1) is 6.92 Å². The van der Waals surface area contributed by atoms with Gasteiger partial charge in [-0.15, -0.1) is 0 Å². The number of benzene rings is 1. The molecule has 1 aromatic carbocycles. The lowest BCUT2D eigenvalue weighted by atomic mass is 10.1. The summed E-state index contributed by atoms with van der Waals surface area (Å²) in [7, 11) is -3.84. The Bertz CT molecular complexity index is 1670. The first-order chi connectivity index (χ1) is 17.0. The summed E-state index contributed by atoms with van der Waals surface area (Å²) in [6, 6.07) is 11.9. The summed E-state index contributed by atoms with van der Waals surface area (Å²) < 4.78 is 41.5. The third-order valence-electron chi connectivity index (χ3n) is 6.43. The standard InChI is InChI=1S/C25H22N4O5S/c1-16-2-5-19(6-3-16)35(31,32)28-11-8-20-23-21(14-26-24(20)28)27-25(22-7-4-18(15-30)34-22)29(23)17-9-12-33-13-10-17/h2-8,11,14-15,17H,9-10,12-13H2,1H3. The summed E-state index contributed by atoms with van der Waals surface area (Å²) in [5.74, 6) is 1.25. The van der Waals surface area contributed by atoms with Crippen LogP contribution in [-0.4, -0.2) is 46.4 Å². The van der Waals surface area contributed by atoms with Gasteiger partial charge in [0, 0.05) is 30.8 Å². The molecule has 4 aromatic heterocycles. The zero-order valence-electron chi connectivity index (χ0n) is 18.9. The molecule has 0 aliphatic carbocycles. The van der Waals surface area contributed by atoms with Crippen molar-refractivity contribution >= 4 is 38.4 Å². The number of hydrogen-bond acceptors (Lipinski definition) is 7. The molecule has 0 radical (unpaired) electrons. The molecule has 0 bridgehead atoms. The van der Waals surface area contributed by atoms with Gasteiger partial charge in [0.25, 0.3) is 10.0 Å². The molecule has 0 unspecified atom stereocenters. The molecular formula is C25H22N4O5S. The Hall–Kier alpha value is -3.76. The molecule has 1 aliphatic rings. The molecule has 0 saturated carbocycles. The van der Waals surface area contributed by atoms with E-state index in [0.717, 1.165) is 23.9 Å². The Morgan fingerprint density at radius 1 is 1.06 bits per heavy atom. The Labute approximate surface area is 201 Å². The summed E-state index contributed by atoms with van der Waals surface area (Å²) >= 11 is 0. The van der Waals surface area contributed by atoms with Crippen LogP contribution in [0.1, 0.15) is 35.0 Å². The van der Waals surface area contributed by atoms with E-state index in [9.17, 15) is 13.2 Å². The van der Waals surface area contributed by atoms with Gasteiger partial charge >= 0.3 is 0 Å². The lowest BCUT2D eigenvalue weighted by Crippen LogP contribution is -2.20. The van der Waals surface area contributed by atoms with Crippen molar-refractivity contribution < 1.29 is 22.4 Å². The molecule has 9 nitrogen and oxygen atoms in total. The third kappa shape index (κ3) is 3.48. The minimum Gasteiger partial charge on any atom is -0.450 e. The number of aryl methyl sites for hydroxylation is 1. The maximum atomic E-state index is 13.4. The lowest BCUT2D eigenvalue weighted by Gasteiger charge is -2.25. The highest BCUT2D eigenvalue weighted by molar-refractivity contribution is 7.90. The van der Waals surface area contributed by atoms with Crippen molar-refractivity contribution in [1.29, 1.82) is 0 Å². The van der Waals surface area contributed by atoms with Gasteiger partial charge in [-0.3, -0.25) is 4.79 Å². The van der Waals surface area contributed by atoms with Gasteiger partial charge in [-0.2, -0.15) is 0 Å². The van der Waals surface area contributed by atoms with Crippen molar-refractivity contribution in [2.45, 2.75) is 30.7 Å². The van der Waals surface area contributed by atoms with Gasteiger partial charge < -0.3 is 13.7 Å². The quantitative estimate of drug-likeness (QED) is 0.337. The minimum absolute atomic E-state index is 0.0659. The molecule has 0 atom stereocenters. The van der Waals surface area contributed by atoms with E-state index in [1.165, 1.54) is 10.2 Å². The highest BCUT2D eigenvalue weighted by atomic mass is 32.2. The van der Waals surface area contributed by atoms with E-state index in [1.807, 2.05) is 6.92 Å². The van der Waals surface area contributed by atoms with Crippen molar-refractivity contribution in [3.05, 3.63) is 66.2 Å².